The summed E-state index contributed by atoms with van der Waals surface area (Å²) < 4.78 is 25.8. The standard InChI is InChI=1S/C29H30FN7O4/c1-29(15-34-23(39)13-18-5-3-2-4-6-18)16-40-27(41-17-29)26-36-24(19-7-9-20(30)10-8-19)25(37-26)21-11-12-32-28(35-21)33-14-22(31)38/h2-12,27H,13-17H2,1H3,(H2,31,38)(H,34,39)(H,36,37)(H,32,33,35). The SMILES string of the molecule is CC1(CNC(=O)Cc2ccccc2)COC(c2nc(-c3ccc(F)cc3)c(-c3ccnc(NCC(N)=O)n3)[nH]2)OC1. The molecule has 0 spiro atoms. The van der Waals surface area contributed by atoms with Crippen LogP contribution in [0.3, 0.4) is 0 Å². The monoisotopic (exact) mass is 559 g/mol. The van der Waals surface area contributed by atoms with Gasteiger partial charge in [-0.15, -0.1) is 0 Å². The number of halogens is 1. The number of imidazole rings is 1. The van der Waals surface area contributed by atoms with E-state index in [1.165, 1.54) is 18.3 Å². The number of hydrogen-bond donors (Lipinski definition) is 4. The predicted octanol–water partition coefficient (Wildman–Crippen LogP) is 2.98. The topological polar surface area (TPSA) is 157 Å². The van der Waals surface area contributed by atoms with Crippen LogP contribution >= 0.6 is 0 Å². The summed E-state index contributed by atoms with van der Waals surface area (Å²) in [5.74, 6) is -0.393. The quantitative estimate of drug-likeness (QED) is 0.231. The van der Waals surface area contributed by atoms with Crippen LogP contribution in [-0.4, -0.2) is 58.1 Å². The molecule has 5 N–H and O–H groups in total. The van der Waals surface area contributed by atoms with E-state index in [1.807, 2.05) is 37.3 Å². The summed E-state index contributed by atoms with van der Waals surface area (Å²) in [4.78, 5) is 40.2. The van der Waals surface area contributed by atoms with E-state index in [9.17, 15) is 14.0 Å². The molecule has 1 saturated heterocycles. The van der Waals surface area contributed by atoms with E-state index in [0.29, 0.717) is 54.6 Å². The lowest BCUT2D eigenvalue weighted by Gasteiger charge is -2.36. The Balaban J connectivity index is 1.31. The van der Waals surface area contributed by atoms with Gasteiger partial charge in [-0.3, -0.25) is 9.59 Å². The number of anilines is 1. The molecule has 0 unspecified atom stereocenters. The van der Waals surface area contributed by atoms with E-state index in [4.69, 9.17) is 20.2 Å². The smallest absolute Gasteiger partial charge is 0.236 e. The van der Waals surface area contributed by atoms with Gasteiger partial charge in [-0.05, 0) is 35.9 Å². The molecule has 1 aliphatic heterocycles. The summed E-state index contributed by atoms with van der Waals surface area (Å²) in [5.41, 5.74) is 7.89. The predicted molar refractivity (Wildman–Crippen MR) is 149 cm³/mol. The summed E-state index contributed by atoms with van der Waals surface area (Å²) in [6, 6.07) is 17.1. The largest absolute Gasteiger partial charge is 0.368 e. The molecule has 3 heterocycles. The molecule has 1 aliphatic rings. The maximum atomic E-state index is 13.7. The lowest BCUT2D eigenvalue weighted by Crippen LogP contribution is -2.45. The van der Waals surface area contributed by atoms with Gasteiger partial charge in [0.25, 0.3) is 0 Å². The molecule has 5 rings (SSSR count). The fourth-order valence-corrected chi connectivity index (χ4v) is 4.31. The number of benzene rings is 2. The van der Waals surface area contributed by atoms with Gasteiger partial charge in [-0.1, -0.05) is 37.3 Å². The lowest BCUT2D eigenvalue weighted by atomic mass is 9.92. The van der Waals surface area contributed by atoms with Crippen molar-refractivity contribution in [2.45, 2.75) is 19.6 Å². The molecule has 2 aromatic carbocycles. The second kappa shape index (κ2) is 12.2. The van der Waals surface area contributed by atoms with E-state index < -0.39 is 17.6 Å². The lowest BCUT2D eigenvalue weighted by molar-refractivity contribution is -0.232. The molecule has 0 saturated carbocycles. The van der Waals surface area contributed by atoms with Gasteiger partial charge >= 0.3 is 0 Å². The third kappa shape index (κ3) is 7.10. The Kier molecular flexibility index (Phi) is 8.31. The van der Waals surface area contributed by atoms with Crippen molar-refractivity contribution in [1.29, 1.82) is 0 Å². The van der Waals surface area contributed by atoms with E-state index in [2.05, 4.69) is 25.6 Å². The van der Waals surface area contributed by atoms with E-state index in [0.717, 1.165) is 5.56 Å². The van der Waals surface area contributed by atoms with Crippen LogP contribution < -0.4 is 16.4 Å². The van der Waals surface area contributed by atoms with Gasteiger partial charge in [-0.25, -0.2) is 19.3 Å². The van der Waals surface area contributed by atoms with Crippen LogP contribution in [0, 0.1) is 11.2 Å². The Bertz CT molecular complexity index is 1500. The summed E-state index contributed by atoms with van der Waals surface area (Å²) in [5, 5.41) is 5.75. The molecule has 11 nitrogen and oxygen atoms in total. The maximum Gasteiger partial charge on any atom is 0.236 e. The van der Waals surface area contributed by atoms with Gasteiger partial charge in [0, 0.05) is 23.7 Å². The van der Waals surface area contributed by atoms with Crippen LogP contribution in [0.1, 0.15) is 24.6 Å². The number of rotatable bonds is 10. The van der Waals surface area contributed by atoms with Gasteiger partial charge in [0.1, 0.15) is 5.82 Å². The first-order chi connectivity index (χ1) is 19.8. The molecule has 0 bridgehead atoms. The van der Waals surface area contributed by atoms with E-state index in [-0.39, 0.29) is 24.2 Å². The van der Waals surface area contributed by atoms with Gasteiger partial charge in [0.15, 0.2) is 5.82 Å². The number of primary amides is 1. The van der Waals surface area contributed by atoms with Crippen molar-refractivity contribution in [3.05, 3.63) is 84.1 Å². The third-order valence-electron chi connectivity index (χ3n) is 6.48. The summed E-state index contributed by atoms with van der Waals surface area (Å²) >= 11 is 0. The van der Waals surface area contributed by atoms with Crippen LogP contribution in [-0.2, 0) is 25.5 Å². The van der Waals surface area contributed by atoms with Gasteiger partial charge in [0.2, 0.25) is 24.1 Å². The van der Waals surface area contributed by atoms with Crippen molar-refractivity contribution in [3.63, 3.8) is 0 Å². The van der Waals surface area contributed by atoms with Gasteiger partial charge < -0.3 is 30.8 Å². The van der Waals surface area contributed by atoms with Crippen molar-refractivity contribution in [3.8, 4) is 22.6 Å². The normalized spacial score (nSPS) is 18.5. The van der Waals surface area contributed by atoms with E-state index in [1.54, 1.807) is 18.2 Å². The molecular formula is C29H30FN7O4. The zero-order valence-corrected chi connectivity index (χ0v) is 22.4. The number of aromatic amines is 1. The number of H-pyrrole nitrogens is 1. The number of nitrogens with one attached hydrogen (secondary N) is 3. The first kappa shape index (κ1) is 27.9. The number of ether oxygens (including phenoxy) is 2. The minimum absolute atomic E-state index is 0.0753. The Labute approximate surface area is 235 Å². The number of carbonyl (C=O) groups excluding carboxylic acids is 2. The zero-order valence-electron chi connectivity index (χ0n) is 22.4. The Morgan fingerprint density at radius 1 is 1.07 bits per heavy atom. The number of aromatic nitrogens is 4. The molecule has 41 heavy (non-hydrogen) atoms. The van der Waals surface area contributed by atoms with Gasteiger partial charge in [-0.2, -0.15) is 0 Å². The van der Waals surface area contributed by atoms with Crippen molar-refractivity contribution in [2.75, 3.05) is 31.6 Å². The molecule has 12 heteroatoms. The molecular weight excluding hydrogens is 529 g/mol. The number of nitrogens with zero attached hydrogens (tertiary/aromatic N) is 3. The van der Waals surface area contributed by atoms with Crippen molar-refractivity contribution in [2.24, 2.45) is 11.1 Å². The molecule has 212 valence electrons. The molecule has 2 amide bonds. The van der Waals surface area contributed by atoms with Crippen LogP contribution in [0.2, 0.25) is 0 Å². The Morgan fingerprint density at radius 2 is 1.80 bits per heavy atom. The van der Waals surface area contributed by atoms with Crippen LogP contribution in [0.15, 0.2) is 66.9 Å². The highest BCUT2D eigenvalue weighted by molar-refractivity contribution is 5.79. The number of hydrogen-bond acceptors (Lipinski definition) is 8. The van der Waals surface area contributed by atoms with E-state index >= 15 is 0 Å². The van der Waals surface area contributed by atoms with Gasteiger partial charge in [0.05, 0.1) is 43.3 Å². The highest BCUT2D eigenvalue weighted by Gasteiger charge is 2.35. The summed E-state index contributed by atoms with van der Waals surface area (Å²) in [6.07, 6.45) is 1.03. The van der Waals surface area contributed by atoms with Crippen molar-refractivity contribution in [1.82, 2.24) is 25.3 Å². The minimum Gasteiger partial charge on any atom is -0.368 e. The number of nitrogens with two attached hydrogens (primary N) is 1. The fourth-order valence-electron chi connectivity index (χ4n) is 4.31. The molecule has 1 fully saturated rings. The number of carbonyl (C=O) groups is 2. The maximum absolute atomic E-state index is 13.7. The first-order valence-electron chi connectivity index (χ1n) is 13.0. The van der Waals surface area contributed by atoms with Crippen LogP contribution in [0.5, 0.6) is 0 Å². The third-order valence-corrected chi connectivity index (χ3v) is 6.48. The molecule has 2 aromatic heterocycles. The van der Waals surface area contributed by atoms with Crippen molar-refractivity contribution < 1.29 is 23.5 Å². The Hall–Kier alpha value is -4.68. The number of amides is 2. The average Bonchev–Trinajstić information content (AvgIpc) is 3.42. The molecule has 0 radical (unpaired) electrons. The second-order valence-corrected chi connectivity index (χ2v) is 10.1. The summed E-state index contributed by atoms with van der Waals surface area (Å²) in [6.45, 7) is 2.88. The van der Waals surface area contributed by atoms with Crippen molar-refractivity contribution >= 4 is 17.8 Å². The fraction of sp³-hybridized carbons (Fsp3) is 0.276. The average molecular weight is 560 g/mol. The molecule has 4 aromatic rings. The van der Waals surface area contributed by atoms with Crippen LogP contribution in [0.4, 0.5) is 10.3 Å². The van der Waals surface area contributed by atoms with Crippen LogP contribution in [0.25, 0.3) is 22.6 Å². The highest BCUT2D eigenvalue weighted by atomic mass is 19.1. The highest BCUT2D eigenvalue weighted by Crippen LogP contribution is 2.35. The second-order valence-electron chi connectivity index (χ2n) is 10.1. The minimum atomic E-state index is -0.801. The molecule has 0 aliphatic carbocycles. The first-order valence-corrected chi connectivity index (χ1v) is 13.0. The zero-order chi connectivity index (χ0) is 28.8. The molecule has 0 atom stereocenters. The summed E-state index contributed by atoms with van der Waals surface area (Å²) in [7, 11) is 0. The Morgan fingerprint density at radius 3 is 2.51 bits per heavy atom.